The summed E-state index contributed by atoms with van der Waals surface area (Å²) in [4.78, 5) is 14.6. The largest absolute Gasteiger partial charge is 0.497 e. The minimum absolute atomic E-state index is 0.0710. The van der Waals surface area contributed by atoms with E-state index in [2.05, 4.69) is 10.2 Å². The minimum Gasteiger partial charge on any atom is -0.497 e. The normalized spacial score (nSPS) is 18.0. The molecule has 0 aliphatic carbocycles. The summed E-state index contributed by atoms with van der Waals surface area (Å²) in [5.74, 6) is 0.656. The summed E-state index contributed by atoms with van der Waals surface area (Å²) in [6, 6.07) is 7.51. The summed E-state index contributed by atoms with van der Waals surface area (Å²) in [6.45, 7) is 1.95. The summed E-state index contributed by atoms with van der Waals surface area (Å²) in [5, 5.41) is 6.95. The highest BCUT2D eigenvalue weighted by Crippen LogP contribution is 2.26. The molecule has 1 atom stereocenters. The fraction of sp³-hybridized carbons (Fsp3) is 0.375. The zero-order valence-corrected chi connectivity index (χ0v) is 13.0. The standard InChI is InChI=1S/C16H20N4O3/c1-22-12-4-2-3-11(7-12)15-14(9-18-19-15)16(21)20-5-6-23-13(8-17)10-20/h2-4,7,9,13H,5-6,8,10,17H2,1H3,(H,18,19)/t13-/m0/s1. The van der Waals surface area contributed by atoms with E-state index in [0.717, 1.165) is 11.3 Å². The van der Waals surface area contributed by atoms with Crippen molar-refractivity contribution < 1.29 is 14.3 Å². The molecule has 1 aliphatic heterocycles. The van der Waals surface area contributed by atoms with Gasteiger partial charge in [0.2, 0.25) is 0 Å². The Morgan fingerprint density at radius 3 is 3.22 bits per heavy atom. The topological polar surface area (TPSA) is 93.5 Å². The van der Waals surface area contributed by atoms with Crippen LogP contribution in [0.4, 0.5) is 0 Å². The van der Waals surface area contributed by atoms with Gasteiger partial charge in [-0.25, -0.2) is 0 Å². The van der Waals surface area contributed by atoms with E-state index in [9.17, 15) is 4.79 Å². The van der Waals surface area contributed by atoms with E-state index in [1.54, 1.807) is 18.2 Å². The molecular formula is C16H20N4O3. The van der Waals surface area contributed by atoms with E-state index in [4.69, 9.17) is 15.2 Å². The Morgan fingerprint density at radius 2 is 2.43 bits per heavy atom. The molecule has 0 radical (unpaired) electrons. The molecule has 122 valence electrons. The predicted molar refractivity (Wildman–Crippen MR) is 85.3 cm³/mol. The maximum Gasteiger partial charge on any atom is 0.257 e. The number of benzene rings is 1. The van der Waals surface area contributed by atoms with E-state index in [-0.39, 0.29) is 12.0 Å². The fourth-order valence-electron chi connectivity index (χ4n) is 2.66. The molecule has 0 saturated carbocycles. The number of nitrogens with one attached hydrogen (secondary N) is 1. The van der Waals surface area contributed by atoms with Crippen LogP contribution in [0.2, 0.25) is 0 Å². The van der Waals surface area contributed by atoms with Crippen molar-refractivity contribution in [3.05, 3.63) is 36.0 Å². The highest BCUT2D eigenvalue weighted by Gasteiger charge is 2.27. The van der Waals surface area contributed by atoms with Gasteiger partial charge in [-0.1, -0.05) is 12.1 Å². The van der Waals surface area contributed by atoms with E-state index in [1.807, 2.05) is 24.3 Å². The first-order valence-corrected chi connectivity index (χ1v) is 7.51. The van der Waals surface area contributed by atoms with Gasteiger partial charge in [0, 0.05) is 25.2 Å². The summed E-state index contributed by atoms with van der Waals surface area (Å²) in [7, 11) is 1.61. The van der Waals surface area contributed by atoms with Crippen LogP contribution in [0, 0.1) is 0 Å². The molecule has 7 heteroatoms. The zero-order valence-electron chi connectivity index (χ0n) is 13.0. The number of carbonyl (C=O) groups excluding carboxylic acids is 1. The lowest BCUT2D eigenvalue weighted by Gasteiger charge is -2.32. The highest BCUT2D eigenvalue weighted by molar-refractivity contribution is 5.99. The molecule has 0 bridgehead atoms. The molecule has 1 fully saturated rings. The zero-order chi connectivity index (χ0) is 16.2. The first-order chi connectivity index (χ1) is 11.2. The van der Waals surface area contributed by atoms with Crippen LogP contribution in [0.15, 0.2) is 30.5 Å². The number of aromatic amines is 1. The molecule has 1 saturated heterocycles. The molecule has 1 amide bonds. The van der Waals surface area contributed by atoms with Gasteiger partial charge in [-0.05, 0) is 12.1 Å². The highest BCUT2D eigenvalue weighted by atomic mass is 16.5. The third-order valence-corrected chi connectivity index (χ3v) is 3.92. The molecule has 2 aromatic rings. The first-order valence-electron chi connectivity index (χ1n) is 7.51. The molecule has 1 aromatic heterocycles. The van der Waals surface area contributed by atoms with Gasteiger partial charge in [0.15, 0.2) is 0 Å². The Bertz CT molecular complexity index is 685. The Hall–Kier alpha value is -2.38. The van der Waals surface area contributed by atoms with Gasteiger partial charge in [-0.2, -0.15) is 5.10 Å². The second kappa shape index (κ2) is 6.80. The number of rotatable bonds is 4. The number of aromatic nitrogens is 2. The minimum atomic E-state index is -0.111. The molecule has 7 nitrogen and oxygen atoms in total. The first kappa shape index (κ1) is 15.5. The molecule has 2 heterocycles. The van der Waals surface area contributed by atoms with Crippen LogP contribution in [0.25, 0.3) is 11.3 Å². The number of amides is 1. The van der Waals surface area contributed by atoms with Crippen molar-refractivity contribution in [1.82, 2.24) is 15.1 Å². The average molecular weight is 316 g/mol. The Labute approximate surface area is 134 Å². The molecule has 3 rings (SSSR count). The fourth-order valence-corrected chi connectivity index (χ4v) is 2.66. The summed E-state index contributed by atoms with van der Waals surface area (Å²) >= 11 is 0. The van der Waals surface area contributed by atoms with E-state index in [0.29, 0.717) is 37.5 Å². The van der Waals surface area contributed by atoms with Crippen molar-refractivity contribution in [1.29, 1.82) is 0 Å². The second-order valence-corrected chi connectivity index (χ2v) is 5.37. The van der Waals surface area contributed by atoms with Gasteiger partial charge in [0.05, 0.1) is 37.3 Å². The van der Waals surface area contributed by atoms with Gasteiger partial charge in [0.25, 0.3) is 5.91 Å². The smallest absolute Gasteiger partial charge is 0.257 e. The SMILES string of the molecule is COc1cccc(-c2[nH]ncc2C(=O)N2CCO[C@@H](CN)C2)c1. The number of methoxy groups -OCH3 is 1. The summed E-state index contributed by atoms with van der Waals surface area (Å²) < 4.78 is 10.7. The number of hydrogen-bond acceptors (Lipinski definition) is 5. The molecule has 1 aliphatic rings. The van der Waals surface area contributed by atoms with Crippen molar-refractivity contribution in [2.45, 2.75) is 6.10 Å². The van der Waals surface area contributed by atoms with E-state index >= 15 is 0 Å². The third kappa shape index (κ3) is 3.20. The van der Waals surface area contributed by atoms with E-state index < -0.39 is 0 Å². The van der Waals surface area contributed by atoms with Gasteiger partial charge in [-0.15, -0.1) is 0 Å². The summed E-state index contributed by atoms with van der Waals surface area (Å²) in [5.41, 5.74) is 7.72. The maximum absolute atomic E-state index is 12.8. The summed E-state index contributed by atoms with van der Waals surface area (Å²) in [6.07, 6.45) is 1.45. The molecule has 3 N–H and O–H groups in total. The van der Waals surface area contributed by atoms with Gasteiger partial charge in [-0.3, -0.25) is 9.89 Å². The lowest BCUT2D eigenvalue weighted by atomic mass is 10.1. The number of nitrogens with zero attached hydrogens (tertiary/aromatic N) is 2. The van der Waals surface area contributed by atoms with Crippen LogP contribution < -0.4 is 10.5 Å². The maximum atomic E-state index is 12.8. The number of hydrogen-bond donors (Lipinski definition) is 2. The van der Waals surface area contributed by atoms with Crippen molar-refractivity contribution in [3.63, 3.8) is 0 Å². The predicted octanol–water partition coefficient (Wildman–Crippen LogP) is 0.885. The number of carbonyl (C=O) groups is 1. The number of nitrogens with two attached hydrogens (primary N) is 1. The Morgan fingerprint density at radius 1 is 1.57 bits per heavy atom. The van der Waals surface area contributed by atoms with Crippen LogP contribution >= 0.6 is 0 Å². The van der Waals surface area contributed by atoms with Crippen LogP contribution in [-0.4, -0.2) is 60.5 Å². The van der Waals surface area contributed by atoms with Crippen molar-refractivity contribution in [2.75, 3.05) is 33.4 Å². The lowest BCUT2D eigenvalue weighted by molar-refractivity contribution is -0.0167. The molecule has 1 aromatic carbocycles. The van der Waals surface area contributed by atoms with Gasteiger partial charge >= 0.3 is 0 Å². The molecule has 0 unspecified atom stereocenters. The van der Waals surface area contributed by atoms with Crippen molar-refractivity contribution in [3.8, 4) is 17.0 Å². The second-order valence-electron chi connectivity index (χ2n) is 5.37. The van der Waals surface area contributed by atoms with Crippen LogP contribution in [0.3, 0.4) is 0 Å². The van der Waals surface area contributed by atoms with E-state index in [1.165, 1.54) is 0 Å². The number of H-pyrrole nitrogens is 1. The van der Waals surface area contributed by atoms with Gasteiger partial charge in [0.1, 0.15) is 5.75 Å². The van der Waals surface area contributed by atoms with Crippen LogP contribution in [0.5, 0.6) is 5.75 Å². The Balaban J connectivity index is 1.86. The number of morpholine rings is 1. The lowest BCUT2D eigenvalue weighted by Crippen LogP contribution is -2.48. The molecular weight excluding hydrogens is 296 g/mol. The third-order valence-electron chi connectivity index (χ3n) is 3.92. The Kier molecular flexibility index (Phi) is 4.59. The van der Waals surface area contributed by atoms with Crippen LogP contribution in [0.1, 0.15) is 10.4 Å². The monoisotopic (exact) mass is 316 g/mol. The van der Waals surface area contributed by atoms with Crippen LogP contribution in [-0.2, 0) is 4.74 Å². The molecule has 0 spiro atoms. The molecule has 23 heavy (non-hydrogen) atoms. The van der Waals surface area contributed by atoms with Crippen molar-refractivity contribution in [2.24, 2.45) is 5.73 Å². The van der Waals surface area contributed by atoms with Gasteiger partial charge < -0.3 is 20.1 Å². The average Bonchev–Trinajstić information content (AvgIpc) is 3.11. The quantitative estimate of drug-likeness (QED) is 0.873. The van der Waals surface area contributed by atoms with Crippen molar-refractivity contribution >= 4 is 5.91 Å². The number of ether oxygens (including phenoxy) is 2.